The van der Waals surface area contributed by atoms with Crippen molar-refractivity contribution in [2.24, 2.45) is 17.8 Å². The van der Waals surface area contributed by atoms with Gasteiger partial charge in [0.25, 0.3) is 0 Å². The summed E-state index contributed by atoms with van der Waals surface area (Å²) in [6.07, 6.45) is 3.20. The van der Waals surface area contributed by atoms with E-state index in [4.69, 9.17) is 0 Å². The first kappa shape index (κ1) is 22.2. The maximum atomic E-state index is 13.0. The van der Waals surface area contributed by atoms with E-state index in [0.717, 1.165) is 28.1 Å². The summed E-state index contributed by atoms with van der Waals surface area (Å²) in [5, 5.41) is 4.00. The van der Waals surface area contributed by atoms with Crippen LogP contribution < -0.4 is 10.0 Å². The van der Waals surface area contributed by atoms with Crippen LogP contribution in [0.25, 0.3) is 10.2 Å². The highest BCUT2D eigenvalue weighted by Gasteiger charge is 2.33. The number of sulfonamides is 1. The number of rotatable bonds is 6. The molecule has 1 amide bonds. The molecule has 2 N–H and O–H groups in total. The number of nitrogens with one attached hydrogen (secondary N) is 2. The van der Waals surface area contributed by atoms with Crippen LogP contribution in [0.15, 0.2) is 23.1 Å². The molecule has 0 unspecified atom stereocenters. The first-order valence-corrected chi connectivity index (χ1v) is 12.6. The van der Waals surface area contributed by atoms with Crippen LogP contribution in [0.2, 0.25) is 0 Å². The molecule has 1 heterocycles. The number of aryl methyl sites for hydroxylation is 1. The van der Waals surface area contributed by atoms with Crippen LogP contribution in [-0.2, 0) is 14.8 Å². The number of amides is 1. The van der Waals surface area contributed by atoms with Crippen molar-refractivity contribution in [1.29, 1.82) is 0 Å². The van der Waals surface area contributed by atoms with Crippen LogP contribution in [0.1, 0.15) is 52.0 Å². The lowest BCUT2D eigenvalue weighted by atomic mass is 9.78. The van der Waals surface area contributed by atoms with E-state index in [2.05, 4.69) is 28.9 Å². The Balaban J connectivity index is 1.78. The van der Waals surface area contributed by atoms with E-state index in [9.17, 15) is 13.2 Å². The summed E-state index contributed by atoms with van der Waals surface area (Å²) in [7, 11) is -3.83. The Labute approximate surface area is 177 Å². The van der Waals surface area contributed by atoms with Gasteiger partial charge in [-0.25, -0.2) is 13.4 Å². The van der Waals surface area contributed by atoms with Gasteiger partial charge in [0.05, 0.1) is 20.1 Å². The second-order valence-corrected chi connectivity index (χ2v) is 11.5. The lowest BCUT2D eigenvalue weighted by Gasteiger charge is -2.35. The molecule has 1 aliphatic carbocycles. The standard InChI is InChI=1S/C21H31N3O3S2/c1-12(2)20(21(25)23-17-8-6-7-13(3)14(17)4)24-29(26,27)16-9-10-18-19(11-16)28-15(5)22-18/h9-14,17,20,24H,6-8H2,1-5H3,(H,23,25)/t13-,14-,17-,20+/m1/s1. The lowest BCUT2D eigenvalue weighted by Crippen LogP contribution is -2.54. The van der Waals surface area contributed by atoms with E-state index in [-0.39, 0.29) is 22.8 Å². The van der Waals surface area contributed by atoms with Crippen LogP contribution >= 0.6 is 11.3 Å². The van der Waals surface area contributed by atoms with Crippen LogP contribution in [0.3, 0.4) is 0 Å². The maximum absolute atomic E-state index is 13.0. The fourth-order valence-corrected chi connectivity index (χ4v) is 6.28. The molecule has 1 aromatic carbocycles. The van der Waals surface area contributed by atoms with E-state index >= 15 is 0 Å². The van der Waals surface area contributed by atoms with Crippen molar-refractivity contribution in [2.45, 2.75) is 70.9 Å². The largest absolute Gasteiger partial charge is 0.352 e. The van der Waals surface area contributed by atoms with Crippen molar-refractivity contribution in [3.05, 3.63) is 23.2 Å². The zero-order valence-electron chi connectivity index (χ0n) is 17.7. The number of aromatic nitrogens is 1. The zero-order chi connectivity index (χ0) is 21.3. The van der Waals surface area contributed by atoms with Crippen molar-refractivity contribution in [3.8, 4) is 0 Å². The first-order chi connectivity index (χ1) is 13.6. The Morgan fingerprint density at radius 2 is 1.97 bits per heavy atom. The molecule has 0 saturated heterocycles. The third-order valence-corrected chi connectivity index (χ3v) is 8.42. The first-order valence-electron chi connectivity index (χ1n) is 10.3. The SMILES string of the molecule is Cc1nc2ccc(S(=O)(=O)N[C@H](C(=O)N[C@@H]3CCC[C@@H](C)[C@H]3C)C(C)C)cc2s1. The van der Waals surface area contributed by atoms with Gasteiger partial charge in [0.1, 0.15) is 6.04 Å². The topological polar surface area (TPSA) is 88.2 Å². The van der Waals surface area contributed by atoms with E-state index < -0.39 is 16.1 Å². The van der Waals surface area contributed by atoms with Gasteiger partial charge in [0.15, 0.2) is 0 Å². The summed E-state index contributed by atoms with van der Waals surface area (Å²) < 4.78 is 29.5. The van der Waals surface area contributed by atoms with Gasteiger partial charge in [-0.3, -0.25) is 4.79 Å². The Morgan fingerprint density at radius 3 is 2.66 bits per heavy atom. The molecule has 160 valence electrons. The maximum Gasteiger partial charge on any atom is 0.241 e. The van der Waals surface area contributed by atoms with Crippen molar-refractivity contribution >= 4 is 37.5 Å². The average molecular weight is 438 g/mol. The molecule has 1 saturated carbocycles. The smallest absolute Gasteiger partial charge is 0.241 e. The minimum Gasteiger partial charge on any atom is -0.352 e. The predicted molar refractivity (Wildman–Crippen MR) is 117 cm³/mol. The summed E-state index contributed by atoms with van der Waals surface area (Å²) in [6, 6.07) is 4.16. The van der Waals surface area contributed by atoms with Crippen LogP contribution in [-0.4, -0.2) is 31.4 Å². The second-order valence-electron chi connectivity index (χ2n) is 8.59. The molecule has 29 heavy (non-hydrogen) atoms. The fraction of sp³-hybridized carbons (Fsp3) is 0.619. The molecular formula is C21H31N3O3S2. The number of carbonyl (C=O) groups is 1. The summed E-state index contributed by atoms with van der Waals surface area (Å²) in [5.74, 6) is 0.520. The quantitative estimate of drug-likeness (QED) is 0.718. The van der Waals surface area contributed by atoms with E-state index in [0.29, 0.717) is 11.8 Å². The van der Waals surface area contributed by atoms with Crippen LogP contribution in [0.5, 0.6) is 0 Å². The number of nitrogens with zero attached hydrogens (tertiary/aromatic N) is 1. The molecule has 8 heteroatoms. The third kappa shape index (κ3) is 4.98. The predicted octanol–water partition coefficient (Wildman–Crippen LogP) is 3.85. The van der Waals surface area contributed by atoms with Crippen molar-refractivity contribution < 1.29 is 13.2 Å². The fourth-order valence-electron chi connectivity index (χ4n) is 3.97. The minimum absolute atomic E-state index is 0.0912. The number of carbonyl (C=O) groups excluding carboxylic acids is 1. The van der Waals surface area contributed by atoms with Crippen molar-refractivity contribution in [3.63, 3.8) is 0 Å². The molecule has 1 fully saturated rings. The molecule has 0 bridgehead atoms. The number of fused-ring (bicyclic) bond motifs is 1. The molecule has 2 aromatic rings. The van der Waals surface area contributed by atoms with Gasteiger partial charge in [-0.05, 0) is 49.3 Å². The molecule has 1 aliphatic rings. The highest BCUT2D eigenvalue weighted by molar-refractivity contribution is 7.89. The summed E-state index contributed by atoms with van der Waals surface area (Å²) in [6.45, 7) is 9.98. The minimum atomic E-state index is -3.83. The number of benzene rings is 1. The zero-order valence-corrected chi connectivity index (χ0v) is 19.4. The third-order valence-electron chi connectivity index (χ3n) is 6.04. The van der Waals surface area contributed by atoms with Crippen molar-refractivity contribution in [2.75, 3.05) is 0 Å². The van der Waals surface area contributed by atoms with Gasteiger partial charge >= 0.3 is 0 Å². The number of hydrogen-bond donors (Lipinski definition) is 2. The highest BCUT2D eigenvalue weighted by atomic mass is 32.2. The second kappa shape index (κ2) is 8.70. The van der Waals surface area contributed by atoms with Gasteiger partial charge in [-0.15, -0.1) is 11.3 Å². The highest BCUT2D eigenvalue weighted by Crippen LogP contribution is 2.30. The van der Waals surface area contributed by atoms with E-state index in [1.807, 2.05) is 20.8 Å². The molecule has 0 radical (unpaired) electrons. The average Bonchev–Trinajstić information content (AvgIpc) is 3.02. The molecule has 1 aromatic heterocycles. The summed E-state index contributed by atoms with van der Waals surface area (Å²) in [4.78, 5) is 17.5. The number of hydrogen-bond acceptors (Lipinski definition) is 5. The van der Waals surface area contributed by atoms with Gasteiger partial charge in [-0.1, -0.05) is 40.5 Å². The van der Waals surface area contributed by atoms with E-state index in [1.165, 1.54) is 17.8 Å². The lowest BCUT2D eigenvalue weighted by molar-refractivity contribution is -0.125. The molecule has 6 nitrogen and oxygen atoms in total. The van der Waals surface area contributed by atoms with Crippen LogP contribution in [0.4, 0.5) is 0 Å². The molecule has 4 atom stereocenters. The Bertz CT molecular complexity index is 984. The van der Waals surface area contributed by atoms with Gasteiger partial charge in [0.2, 0.25) is 15.9 Å². The molecule has 0 spiro atoms. The van der Waals surface area contributed by atoms with Crippen molar-refractivity contribution in [1.82, 2.24) is 15.0 Å². The van der Waals surface area contributed by atoms with Gasteiger partial charge < -0.3 is 5.32 Å². The van der Waals surface area contributed by atoms with E-state index in [1.54, 1.807) is 18.2 Å². The molecule has 3 rings (SSSR count). The summed E-state index contributed by atoms with van der Waals surface area (Å²) in [5.41, 5.74) is 0.782. The molecule has 0 aliphatic heterocycles. The Morgan fingerprint density at radius 1 is 1.24 bits per heavy atom. The van der Waals surface area contributed by atoms with Gasteiger partial charge in [0, 0.05) is 6.04 Å². The monoisotopic (exact) mass is 437 g/mol. The summed E-state index contributed by atoms with van der Waals surface area (Å²) >= 11 is 1.45. The van der Waals surface area contributed by atoms with Crippen LogP contribution in [0, 0.1) is 24.7 Å². The Hall–Kier alpha value is -1.51. The number of thiazole rings is 1. The normalized spacial score (nSPS) is 24.0. The van der Waals surface area contributed by atoms with Gasteiger partial charge in [-0.2, -0.15) is 4.72 Å². The molecular weight excluding hydrogens is 406 g/mol. The Kier molecular flexibility index (Phi) is 6.65.